The van der Waals surface area contributed by atoms with Gasteiger partial charge in [-0.1, -0.05) is 44.2 Å². The van der Waals surface area contributed by atoms with Gasteiger partial charge in [0.25, 0.3) is 0 Å². The zero-order valence-corrected chi connectivity index (χ0v) is 23.5. The van der Waals surface area contributed by atoms with Gasteiger partial charge in [-0.2, -0.15) is 0 Å². The fourth-order valence-corrected chi connectivity index (χ4v) is 4.10. The number of amides is 3. The van der Waals surface area contributed by atoms with Crippen LogP contribution in [0.25, 0.3) is 0 Å². The summed E-state index contributed by atoms with van der Waals surface area (Å²) in [5.41, 5.74) is -1.70. The summed E-state index contributed by atoms with van der Waals surface area (Å²) in [5, 5.41) is 17.4. The number of carbonyl (C=O) groups is 3. The molecule has 1 saturated heterocycles. The van der Waals surface area contributed by atoms with E-state index in [4.69, 9.17) is 4.74 Å². The van der Waals surface area contributed by atoms with Gasteiger partial charge in [-0.15, -0.1) is 0 Å². The maximum absolute atomic E-state index is 12.9. The van der Waals surface area contributed by atoms with E-state index in [-0.39, 0.29) is 82.7 Å². The second-order valence-corrected chi connectivity index (χ2v) is 9.87. The summed E-state index contributed by atoms with van der Waals surface area (Å²) >= 11 is 0. The number of carbonyl (C=O) groups excluding carboxylic acids is 3. The zero-order chi connectivity index (χ0) is 24.6. The zero-order valence-electron chi connectivity index (χ0n) is 19.5. The van der Waals surface area contributed by atoms with Crippen molar-refractivity contribution in [1.29, 1.82) is 0 Å². The number of aliphatic hydroxyl groups excluding tert-OH is 1. The normalized spacial score (nSPS) is 18.3. The third-order valence-corrected chi connectivity index (χ3v) is 6.12. The molecule has 0 bridgehead atoms. The molecule has 0 radical (unpaired) electrons. The Balaban J connectivity index is 0.00000578. The first-order chi connectivity index (χ1) is 15.5. The van der Waals surface area contributed by atoms with E-state index in [1.807, 2.05) is 19.9 Å². The Kier molecular flexibility index (Phi) is 13.2. The second-order valence-electron chi connectivity index (χ2n) is 8.40. The van der Waals surface area contributed by atoms with Crippen LogP contribution in [0.3, 0.4) is 0 Å². The minimum absolute atomic E-state index is 0. The molecule has 34 heavy (non-hydrogen) atoms. The van der Waals surface area contributed by atoms with Gasteiger partial charge in [0.2, 0.25) is 11.8 Å². The van der Waals surface area contributed by atoms with E-state index in [0.29, 0.717) is 13.0 Å². The Labute approximate surface area is 241 Å². The van der Waals surface area contributed by atoms with Gasteiger partial charge in [-0.25, -0.2) is 13.2 Å². The quantitative estimate of drug-likeness (QED) is 0.178. The van der Waals surface area contributed by atoms with Crippen LogP contribution in [-0.2, 0) is 31.1 Å². The van der Waals surface area contributed by atoms with Crippen molar-refractivity contribution in [2.24, 2.45) is 11.8 Å². The fraction of sp³-hybridized carbons (Fsp3) is 0.571. The van der Waals surface area contributed by atoms with Gasteiger partial charge >= 0.3 is 57.5 Å². The summed E-state index contributed by atoms with van der Waals surface area (Å²) in [6.45, 7) is 3.98. The minimum Gasteiger partial charge on any atom is -0.746 e. The monoisotopic (exact) mass is 523 g/mol. The van der Waals surface area contributed by atoms with Crippen molar-refractivity contribution in [3.63, 3.8) is 0 Å². The van der Waals surface area contributed by atoms with Crippen LogP contribution in [0.15, 0.2) is 30.3 Å². The SMILES string of the molecule is CC(C)C[C@H](NC(=O)OCc1ccccc1)C(=O)N[C@@H](C[C@@H]1CCNC1=O)C(O)S(=O)(=O)[O-].[K+]. The Morgan fingerprint density at radius 3 is 2.41 bits per heavy atom. The smallest absolute Gasteiger partial charge is 0.746 e. The second kappa shape index (κ2) is 14.5. The molecule has 1 heterocycles. The van der Waals surface area contributed by atoms with Crippen molar-refractivity contribution in [3.05, 3.63) is 35.9 Å². The van der Waals surface area contributed by atoms with Gasteiger partial charge in [0, 0.05) is 12.5 Å². The van der Waals surface area contributed by atoms with Gasteiger partial charge < -0.3 is 30.3 Å². The van der Waals surface area contributed by atoms with E-state index in [1.54, 1.807) is 24.3 Å². The number of aliphatic hydroxyl groups is 1. The van der Waals surface area contributed by atoms with E-state index >= 15 is 0 Å². The van der Waals surface area contributed by atoms with Gasteiger partial charge in [0.05, 0.1) is 6.04 Å². The molecule has 0 aliphatic carbocycles. The molecule has 1 aliphatic heterocycles. The molecule has 1 aliphatic rings. The van der Waals surface area contributed by atoms with E-state index in [1.165, 1.54) is 0 Å². The van der Waals surface area contributed by atoms with Crippen molar-refractivity contribution < 1.29 is 88.6 Å². The molecule has 1 aromatic rings. The Morgan fingerprint density at radius 1 is 1.24 bits per heavy atom. The summed E-state index contributed by atoms with van der Waals surface area (Å²) in [7, 11) is -5.17. The predicted molar refractivity (Wildman–Crippen MR) is 116 cm³/mol. The first kappa shape index (κ1) is 31.0. The standard InChI is InChI=1S/C21H31N3O8S.K/c1-13(2)10-16(24-21(28)32-12-14-6-4-3-5-7-14)19(26)23-17(20(27)33(29,30)31)11-15-8-9-22-18(15)25;/h3-7,13,15-17,20,27H,8-12H2,1-2H3,(H,22,25)(H,23,26)(H,24,28)(H,29,30,31);/q;+1/p-1/t15-,16-,17-,20?;/m0./s1. The molecule has 1 fully saturated rings. The average molecular weight is 524 g/mol. The molecule has 4 atom stereocenters. The number of alkyl carbamates (subject to hydrolysis) is 1. The van der Waals surface area contributed by atoms with Crippen molar-refractivity contribution in [2.75, 3.05) is 6.54 Å². The molecule has 2 rings (SSSR count). The molecule has 3 amide bonds. The van der Waals surface area contributed by atoms with Crippen molar-refractivity contribution in [3.8, 4) is 0 Å². The predicted octanol–water partition coefficient (Wildman–Crippen LogP) is -2.79. The van der Waals surface area contributed by atoms with Crippen molar-refractivity contribution in [1.82, 2.24) is 16.0 Å². The fourth-order valence-electron chi connectivity index (χ4n) is 3.52. The molecule has 0 aromatic heterocycles. The van der Waals surface area contributed by atoms with Crippen LogP contribution in [0.2, 0.25) is 0 Å². The number of hydrogen-bond donors (Lipinski definition) is 4. The van der Waals surface area contributed by atoms with Gasteiger partial charge in [-0.05, 0) is 30.7 Å². The van der Waals surface area contributed by atoms with E-state index in [2.05, 4.69) is 16.0 Å². The van der Waals surface area contributed by atoms with E-state index in [9.17, 15) is 32.5 Å². The Hall–Kier alpha value is -1.06. The maximum atomic E-state index is 12.9. The van der Waals surface area contributed by atoms with Gasteiger partial charge in [0.1, 0.15) is 22.8 Å². The van der Waals surface area contributed by atoms with E-state index < -0.39 is 45.6 Å². The first-order valence-corrected chi connectivity index (χ1v) is 12.1. The summed E-state index contributed by atoms with van der Waals surface area (Å²) in [6, 6.07) is 6.27. The number of ether oxygens (including phenoxy) is 1. The number of hydrogen-bond acceptors (Lipinski definition) is 8. The molecule has 13 heteroatoms. The van der Waals surface area contributed by atoms with Crippen molar-refractivity contribution in [2.45, 2.75) is 57.2 Å². The minimum atomic E-state index is -5.17. The molecule has 0 saturated carbocycles. The largest absolute Gasteiger partial charge is 1.00 e. The average Bonchev–Trinajstić information content (AvgIpc) is 3.14. The Morgan fingerprint density at radius 2 is 1.88 bits per heavy atom. The third kappa shape index (κ3) is 10.3. The van der Waals surface area contributed by atoms with Gasteiger partial charge in [-0.3, -0.25) is 9.59 Å². The van der Waals surface area contributed by atoms with Crippen LogP contribution >= 0.6 is 0 Å². The molecule has 1 aromatic carbocycles. The van der Waals surface area contributed by atoms with Crippen LogP contribution in [0, 0.1) is 11.8 Å². The van der Waals surface area contributed by atoms with Crippen LogP contribution in [-0.4, -0.2) is 60.0 Å². The summed E-state index contributed by atoms with van der Waals surface area (Å²) < 4.78 is 39.4. The first-order valence-electron chi connectivity index (χ1n) is 10.7. The van der Waals surface area contributed by atoms with Crippen molar-refractivity contribution >= 4 is 28.0 Å². The third-order valence-electron chi connectivity index (χ3n) is 5.20. The van der Waals surface area contributed by atoms with Crippen LogP contribution in [0.5, 0.6) is 0 Å². The summed E-state index contributed by atoms with van der Waals surface area (Å²) in [6.07, 6.45) is -0.546. The molecule has 0 spiro atoms. The molecular weight excluding hydrogens is 493 g/mol. The van der Waals surface area contributed by atoms with E-state index in [0.717, 1.165) is 5.56 Å². The van der Waals surface area contributed by atoms with Crippen LogP contribution in [0.4, 0.5) is 4.79 Å². The molecule has 11 nitrogen and oxygen atoms in total. The summed E-state index contributed by atoms with van der Waals surface area (Å²) in [5.74, 6) is -1.86. The molecule has 1 unspecified atom stereocenters. The topological polar surface area (TPSA) is 174 Å². The Bertz CT molecular complexity index is 929. The molecule has 4 N–H and O–H groups in total. The molecular formula is C21H30KN3O8S. The number of benzene rings is 1. The summed E-state index contributed by atoms with van der Waals surface area (Å²) in [4.78, 5) is 37.0. The molecule has 184 valence electrons. The van der Waals surface area contributed by atoms with Gasteiger partial charge in [0.15, 0.2) is 5.44 Å². The number of nitrogens with one attached hydrogen (secondary N) is 3. The number of rotatable bonds is 11. The van der Waals surface area contributed by atoms with Crippen LogP contribution in [0.1, 0.15) is 38.7 Å². The van der Waals surface area contributed by atoms with Crippen LogP contribution < -0.4 is 67.3 Å². The maximum Gasteiger partial charge on any atom is 1.00 e.